The Morgan fingerprint density at radius 1 is 0.889 bits per heavy atom. The molecule has 3 heterocycles. The highest BCUT2D eigenvalue weighted by molar-refractivity contribution is 9.10. The van der Waals surface area contributed by atoms with E-state index in [2.05, 4.69) is 70.5 Å². The van der Waals surface area contributed by atoms with Gasteiger partial charge in [0.1, 0.15) is 21.8 Å². The number of rotatable bonds is 5. The van der Waals surface area contributed by atoms with Gasteiger partial charge in [0.2, 0.25) is 6.79 Å². The fraction of sp³-hybridized carbons (Fsp3) is 0.241. The van der Waals surface area contributed by atoms with Crippen molar-refractivity contribution in [2.45, 2.75) is 16.9 Å². The fourth-order valence-corrected chi connectivity index (χ4v) is 8.09. The van der Waals surface area contributed by atoms with Crippen LogP contribution in [0.2, 0.25) is 0 Å². The topological polar surface area (TPSA) is 36.9 Å². The number of fused-ring (bicyclic) bond motifs is 1. The molecule has 0 bridgehead atoms. The Morgan fingerprint density at radius 3 is 2.33 bits per heavy atom. The average Bonchev–Trinajstić information content (AvgIpc) is 3.40. The van der Waals surface area contributed by atoms with Crippen LogP contribution in [0.3, 0.4) is 0 Å². The van der Waals surface area contributed by atoms with Gasteiger partial charge in [0.15, 0.2) is 11.5 Å². The molecular formula is C29H25BrO4S2. The maximum Gasteiger partial charge on any atom is 0.231 e. The van der Waals surface area contributed by atoms with Crippen LogP contribution in [-0.4, -0.2) is 30.0 Å². The fourth-order valence-electron chi connectivity index (χ4n) is 4.68. The molecular weight excluding hydrogens is 556 g/mol. The molecule has 1 atom stereocenters. The molecule has 1 unspecified atom stereocenters. The van der Waals surface area contributed by atoms with Gasteiger partial charge in [-0.25, -0.2) is 0 Å². The second kappa shape index (κ2) is 10.5. The van der Waals surface area contributed by atoms with Crippen LogP contribution in [0.1, 0.15) is 29.0 Å². The van der Waals surface area contributed by atoms with E-state index in [0.717, 1.165) is 55.9 Å². The summed E-state index contributed by atoms with van der Waals surface area (Å²) in [5, 5.41) is 0. The zero-order valence-electron chi connectivity index (χ0n) is 19.7. The first-order valence-corrected chi connectivity index (χ1v) is 14.8. The first kappa shape index (κ1) is 23.9. The van der Waals surface area contributed by atoms with E-state index in [1.165, 1.54) is 17.6 Å². The van der Waals surface area contributed by atoms with E-state index in [-0.39, 0.29) is 17.3 Å². The lowest BCUT2D eigenvalue weighted by atomic mass is 9.83. The van der Waals surface area contributed by atoms with E-state index in [0.29, 0.717) is 0 Å². The van der Waals surface area contributed by atoms with Gasteiger partial charge in [0.25, 0.3) is 0 Å². The Balaban J connectivity index is 1.54. The summed E-state index contributed by atoms with van der Waals surface area (Å²) in [7, 11) is 1.68. The summed E-state index contributed by atoms with van der Waals surface area (Å²) in [6.07, 6.45) is 3.45. The number of thioether (sulfide) groups is 2. The Hall–Kier alpha value is -2.48. The van der Waals surface area contributed by atoms with Crippen molar-refractivity contribution in [1.82, 2.24) is 0 Å². The second-order valence-corrected chi connectivity index (χ2v) is 12.2. The molecule has 3 aromatic carbocycles. The molecule has 4 nitrogen and oxygen atoms in total. The predicted octanol–water partition coefficient (Wildman–Crippen LogP) is 7.95. The molecule has 0 aliphatic carbocycles. The van der Waals surface area contributed by atoms with Gasteiger partial charge in [-0.1, -0.05) is 46.3 Å². The summed E-state index contributed by atoms with van der Waals surface area (Å²) >= 11 is 7.78. The molecule has 0 aromatic heterocycles. The predicted molar refractivity (Wildman–Crippen MR) is 152 cm³/mol. The van der Waals surface area contributed by atoms with Gasteiger partial charge in [0, 0.05) is 21.5 Å². The van der Waals surface area contributed by atoms with Crippen molar-refractivity contribution in [2.24, 2.45) is 0 Å². The SMILES string of the molecule is COc1ccc(C2=CC(c3cc4c(cc3Br)OCO4)C(c3ccccc3)=C(C3SCCCS3)O2)cc1. The van der Waals surface area contributed by atoms with E-state index in [4.69, 9.17) is 18.9 Å². The highest BCUT2D eigenvalue weighted by Crippen LogP contribution is 2.51. The maximum absolute atomic E-state index is 6.82. The molecule has 1 saturated heterocycles. The molecule has 184 valence electrons. The molecule has 0 N–H and O–H groups in total. The van der Waals surface area contributed by atoms with Gasteiger partial charge < -0.3 is 18.9 Å². The standard InChI is InChI=1S/C29H25BrO4S2/c1-31-20-10-8-18(9-11-20)24-15-22(21-14-25-26(16-23(21)30)33-17-32-25)27(19-6-3-2-4-7-19)28(34-24)29-35-12-5-13-36-29/h2-4,6-11,14-16,22,29H,5,12-13,17H2,1H3. The normalized spacial score (nSPS) is 19.6. The zero-order valence-corrected chi connectivity index (χ0v) is 23.0. The lowest BCUT2D eigenvalue weighted by Gasteiger charge is -2.34. The lowest BCUT2D eigenvalue weighted by Crippen LogP contribution is -2.19. The highest BCUT2D eigenvalue weighted by atomic mass is 79.9. The van der Waals surface area contributed by atoms with Crippen molar-refractivity contribution < 1.29 is 18.9 Å². The molecule has 0 spiro atoms. The number of allylic oxidation sites excluding steroid dienone is 2. The molecule has 0 amide bonds. The Kier molecular flexibility index (Phi) is 6.96. The lowest BCUT2D eigenvalue weighted by molar-refractivity contribution is 0.174. The van der Waals surface area contributed by atoms with Gasteiger partial charge in [-0.2, -0.15) is 0 Å². The molecule has 0 radical (unpaired) electrons. The van der Waals surface area contributed by atoms with Gasteiger partial charge in [-0.3, -0.25) is 0 Å². The summed E-state index contributed by atoms with van der Waals surface area (Å²) in [6.45, 7) is 0.244. The molecule has 3 aromatic rings. The third kappa shape index (κ3) is 4.64. The summed E-state index contributed by atoms with van der Waals surface area (Å²) in [6, 6.07) is 22.8. The van der Waals surface area contributed by atoms with E-state index in [1.54, 1.807) is 7.11 Å². The van der Waals surface area contributed by atoms with Crippen LogP contribution in [0.25, 0.3) is 11.3 Å². The van der Waals surface area contributed by atoms with Crippen LogP contribution < -0.4 is 14.2 Å². The van der Waals surface area contributed by atoms with Crippen LogP contribution in [0.15, 0.2) is 83.0 Å². The molecule has 1 fully saturated rings. The van der Waals surface area contributed by atoms with Crippen molar-refractivity contribution in [2.75, 3.05) is 25.4 Å². The Labute approximate surface area is 228 Å². The van der Waals surface area contributed by atoms with Gasteiger partial charge in [-0.05, 0) is 71.5 Å². The van der Waals surface area contributed by atoms with Crippen LogP contribution in [0.5, 0.6) is 17.2 Å². The van der Waals surface area contributed by atoms with Gasteiger partial charge >= 0.3 is 0 Å². The minimum Gasteiger partial charge on any atom is -0.497 e. The van der Waals surface area contributed by atoms with Crippen molar-refractivity contribution in [3.8, 4) is 17.2 Å². The first-order chi connectivity index (χ1) is 17.7. The molecule has 3 aliphatic heterocycles. The maximum atomic E-state index is 6.82. The van der Waals surface area contributed by atoms with Crippen molar-refractivity contribution in [3.63, 3.8) is 0 Å². The summed E-state index contributed by atoms with van der Waals surface area (Å²) < 4.78 is 24.8. The molecule has 3 aliphatic rings. The van der Waals surface area contributed by atoms with Crippen molar-refractivity contribution in [3.05, 3.63) is 99.7 Å². The Bertz CT molecular complexity index is 1320. The second-order valence-electron chi connectivity index (χ2n) is 8.64. The molecule has 36 heavy (non-hydrogen) atoms. The average molecular weight is 582 g/mol. The molecule has 7 heteroatoms. The van der Waals surface area contributed by atoms with Gasteiger partial charge in [0.05, 0.1) is 7.11 Å². The van der Waals surface area contributed by atoms with Crippen LogP contribution in [0.4, 0.5) is 0 Å². The minimum absolute atomic E-state index is 0.0414. The van der Waals surface area contributed by atoms with E-state index < -0.39 is 0 Å². The number of benzene rings is 3. The van der Waals surface area contributed by atoms with Crippen LogP contribution in [-0.2, 0) is 4.74 Å². The van der Waals surface area contributed by atoms with Gasteiger partial charge in [-0.15, -0.1) is 23.5 Å². The van der Waals surface area contributed by atoms with E-state index in [1.807, 2.05) is 41.7 Å². The minimum atomic E-state index is -0.0414. The monoisotopic (exact) mass is 580 g/mol. The van der Waals surface area contributed by atoms with E-state index in [9.17, 15) is 0 Å². The largest absolute Gasteiger partial charge is 0.497 e. The zero-order chi connectivity index (χ0) is 24.5. The Morgan fingerprint density at radius 2 is 1.61 bits per heavy atom. The van der Waals surface area contributed by atoms with Crippen LogP contribution >= 0.6 is 39.5 Å². The van der Waals surface area contributed by atoms with Crippen molar-refractivity contribution in [1.29, 1.82) is 0 Å². The number of hydrogen-bond donors (Lipinski definition) is 0. The summed E-state index contributed by atoms with van der Waals surface area (Å²) in [4.78, 5) is 0. The number of hydrogen-bond acceptors (Lipinski definition) is 6. The highest BCUT2D eigenvalue weighted by Gasteiger charge is 2.35. The summed E-state index contributed by atoms with van der Waals surface area (Å²) in [5.41, 5.74) is 4.50. The molecule has 6 rings (SSSR count). The number of halogens is 1. The molecule has 0 saturated carbocycles. The van der Waals surface area contributed by atoms with Crippen molar-refractivity contribution >= 4 is 50.8 Å². The third-order valence-electron chi connectivity index (χ3n) is 6.44. The first-order valence-electron chi connectivity index (χ1n) is 11.9. The number of ether oxygens (including phenoxy) is 4. The number of methoxy groups -OCH3 is 1. The van der Waals surface area contributed by atoms with Crippen LogP contribution in [0, 0.1) is 0 Å². The third-order valence-corrected chi connectivity index (χ3v) is 10.0. The van der Waals surface area contributed by atoms with E-state index >= 15 is 0 Å². The summed E-state index contributed by atoms with van der Waals surface area (Å²) in [5.74, 6) is 6.46. The quantitative estimate of drug-likeness (QED) is 0.305. The smallest absolute Gasteiger partial charge is 0.231 e.